The van der Waals surface area contributed by atoms with E-state index in [-0.39, 0.29) is 0 Å². The Morgan fingerprint density at radius 2 is 1.89 bits per heavy atom. The van der Waals surface area contributed by atoms with E-state index in [0.717, 1.165) is 11.8 Å². The summed E-state index contributed by atoms with van der Waals surface area (Å²) < 4.78 is 0. The average Bonchev–Trinajstić information content (AvgIpc) is 2.76. The number of thioether (sulfide) groups is 1. The van der Waals surface area contributed by atoms with E-state index in [1.807, 2.05) is 0 Å². The Kier molecular flexibility index (Phi) is 2.61. The monoisotopic (exact) mass is 259 g/mol. The molecule has 2 saturated carbocycles. The predicted molar refractivity (Wildman–Crippen MR) is 78.0 cm³/mol. The Balaban J connectivity index is 1.57. The van der Waals surface area contributed by atoms with Gasteiger partial charge < -0.3 is 5.32 Å². The van der Waals surface area contributed by atoms with Gasteiger partial charge in [-0.25, -0.2) is 0 Å². The fraction of sp³-hybridized carbons (Fsp3) is 0.625. The van der Waals surface area contributed by atoms with Crippen molar-refractivity contribution in [2.45, 2.75) is 54.7 Å². The summed E-state index contributed by atoms with van der Waals surface area (Å²) in [6, 6.07) is 8.83. The largest absolute Gasteiger partial charge is 0.369 e. The van der Waals surface area contributed by atoms with Crippen LogP contribution >= 0.6 is 11.8 Å². The van der Waals surface area contributed by atoms with Crippen molar-refractivity contribution in [1.82, 2.24) is 0 Å². The fourth-order valence-corrected chi connectivity index (χ4v) is 5.70. The van der Waals surface area contributed by atoms with Crippen LogP contribution in [-0.2, 0) is 0 Å². The summed E-state index contributed by atoms with van der Waals surface area (Å²) in [7, 11) is 0. The first-order chi connectivity index (χ1) is 8.85. The topological polar surface area (TPSA) is 12.0 Å². The van der Waals surface area contributed by atoms with Crippen molar-refractivity contribution >= 4 is 17.4 Å². The number of hydrogen-bond acceptors (Lipinski definition) is 2. The van der Waals surface area contributed by atoms with E-state index in [0.29, 0.717) is 4.87 Å². The molecule has 0 amide bonds. The lowest BCUT2D eigenvalue weighted by atomic mass is 9.69. The Bertz CT molecular complexity index is 431. The molecular formula is C16H21NS. The standard InChI is InChI=1S/C16H21NS/c1-2-6-13-11-16(10-9-12(13)5-1)17-14-7-3-4-8-15(14)18-16/h3-4,7-8,12-13,17H,1-2,5-6,9-11H2/t12-,13+,16-/m0/s1. The molecule has 0 radical (unpaired) electrons. The maximum Gasteiger partial charge on any atom is 0.0883 e. The Labute approximate surface area is 114 Å². The second-order valence-corrected chi connectivity index (χ2v) is 7.69. The fourth-order valence-electron chi connectivity index (χ4n) is 4.22. The maximum absolute atomic E-state index is 3.85. The molecule has 1 heterocycles. The lowest BCUT2D eigenvalue weighted by molar-refractivity contribution is 0.153. The Morgan fingerprint density at radius 3 is 2.78 bits per heavy atom. The van der Waals surface area contributed by atoms with Gasteiger partial charge in [0.2, 0.25) is 0 Å². The summed E-state index contributed by atoms with van der Waals surface area (Å²) in [5.74, 6) is 2.03. The van der Waals surface area contributed by atoms with Crippen LogP contribution in [0.4, 0.5) is 5.69 Å². The highest BCUT2D eigenvalue weighted by Crippen LogP contribution is 2.56. The van der Waals surface area contributed by atoms with Gasteiger partial charge in [-0.05, 0) is 43.2 Å². The van der Waals surface area contributed by atoms with Gasteiger partial charge in [-0.3, -0.25) is 0 Å². The van der Waals surface area contributed by atoms with Crippen LogP contribution in [0.1, 0.15) is 44.9 Å². The van der Waals surface area contributed by atoms with Crippen LogP contribution in [0.3, 0.4) is 0 Å². The molecule has 3 aliphatic rings. The van der Waals surface area contributed by atoms with E-state index < -0.39 is 0 Å². The van der Waals surface area contributed by atoms with Crippen LogP contribution in [0.25, 0.3) is 0 Å². The zero-order chi connectivity index (χ0) is 12.0. The van der Waals surface area contributed by atoms with Crippen LogP contribution in [0, 0.1) is 11.8 Å². The van der Waals surface area contributed by atoms with Gasteiger partial charge in [0.1, 0.15) is 0 Å². The molecule has 1 spiro atoms. The van der Waals surface area contributed by atoms with Crippen molar-refractivity contribution < 1.29 is 0 Å². The summed E-state index contributed by atoms with van der Waals surface area (Å²) in [4.78, 5) is 1.80. The number of hydrogen-bond donors (Lipinski definition) is 1. The summed E-state index contributed by atoms with van der Waals surface area (Å²) >= 11 is 2.10. The Hall–Kier alpha value is -0.630. The van der Waals surface area contributed by atoms with Crippen LogP contribution in [-0.4, -0.2) is 4.87 Å². The van der Waals surface area contributed by atoms with Crippen LogP contribution in [0.5, 0.6) is 0 Å². The molecule has 2 heteroatoms. The van der Waals surface area contributed by atoms with Crippen molar-refractivity contribution in [1.29, 1.82) is 0 Å². The highest BCUT2D eigenvalue weighted by atomic mass is 32.2. The van der Waals surface area contributed by atoms with Gasteiger partial charge in [-0.15, -0.1) is 0 Å². The molecule has 0 bridgehead atoms. The third-order valence-electron chi connectivity index (χ3n) is 5.13. The smallest absolute Gasteiger partial charge is 0.0883 e. The van der Waals surface area contributed by atoms with E-state index in [2.05, 4.69) is 41.3 Å². The summed E-state index contributed by atoms with van der Waals surface area (Å²) in [6.45, 7) is 0. The lowest BCUT2D eigenvalue weighted by Gasteiger charge is -2.44. The van der Waals surface area contributed by atoms with Crippen molar-refractivity contribution in [3.8, 4) is 0 Å². The zero-order valence-corrected chi connectivity index (χ0v) is 11.6. The SMILES string of the molecule is c1ccc2c(c1)N[C@@]1(CC[C@@H]3CCCC[C@@H]3C1)S2. The van der Waals surface area contributed by atoms with Gasteiger partial charge in [-0.2, -0.15) is 0 Å². The van der Waals surface area contributed by atoms with E-state index in [4.69, 9.17) is 0 Å². The first-order valence-corrected chi connectivity index (χ1v) is 8.23. The number of benzene rings is 1. The minimum atomic E-state index is 0.336. The second kappa shape index (κ2) is 4.19. The van der Waals surface area contributed by atoms with E-state index in [1.54, 1.807) is 0 Å². The van der Waals surface area contributed by atoms with Crippen molar-refractivity contribution in [2.24, 2.45) is 11.8 Å². The lowest BCUT2D eigenvalue weighted by Crippen LogP contribution is -2.41. The van der Waals surface area contributed by atoms with Crippen LogP contribution < -0.4 is 5.32 Å². The third-order valence-corrected chi connectivity index (χ3v) is 6.57. The van der Waals surface area contributed by atoms with Gasteiger partial charge in [-0.1, -0.05) is 49.6 Å². The molecule has 2 fully saturated rings. The molecule has 0 unspecified atom stereocenters. The first kappa shape index (κ1) is 11.2. The summed E-state index contributed by atoms with van der Waals surface area (Å²) in [5.41, 5.74) is 1.37. The van der Waals surface area contributed by atoms with Gasteiger partial charge in [0.15, 0.2) is 0 Å². The van der Waals surface area contributed by atoms with Crippen LogP contribution in [0.15, 0.2) is 29.2 Å². The summed E-state index contributed by atoms with van der Waals surface area (Å²) in [5, 5.41) is 3.85. The number of rotatable bonds is 0. The first-order valence-electron chi connectivity index (χ1n) is 7.41. The second-order valence-electron chi connectivity index (χ2n) is 6.26. The molecule has 1 aromatic rings. The molecule has 0 aromatic heterocycles. The summed E-state index contributed by atoms with van der Waals surface area (Å²) in [6.07, 6.45) is 10.1. The van der Waals surface area contributed by atoms with Crippen molar-refractivity contribution in [3.63, 3.8) is 0 Å². The molecule has 1 aliphatic heterocycles. The van der Waals surface area contributed by atoms with Gasteiger partial charge in [0.25, 0.3) is 0 Å². The molecule has 4 rings (SSSR count). The minimum absolute atomic E-state index is 0.336. The van der Waals surface area contributed by atoms with Gasteiger partial charge in [0, 0.05) is 10.6 Å². The molecule has 18 heavy (non-hydrogen) atoms. The molecule has 1 aromatic carbocycles. The quantitative estimate of drug-likeness (QED) is 0.712. The van der Waals surface area contributed by atoms with Crippen LogP contribution in [0.2, 0.25) is 0 Å². The molecule has 0 saturated heterocycles. The number of para-hydroxylation sites is 1. The van der Waals surface area contributed by atoms with Gasteiger partial charge >= 0.3 is 0 Å². The third kappa shape index (κ3) is 1.77. The number of fused-ring (bicyclic) bond motifs is 2. The average molecular weight is 259 g/mol. The highest BCUT2D eigenvalue weighted by molar-refractivity contribution is 8.01. The molecule has 1 nitrogen and oxygen atoms in total. The predicted octanol–water partition coefficient (Wildman–Crippen LogP) is 4.89. The number of nitrogens with one attached hydrogen (secondary N) is 1. The van der Waals surface area contributed by atoms with Crippen molar-refractivity contribution in [3.05, 3.63) is 24.3 Å². The molecule has 1 N–H and O–H groups in total. The van der Waals surface area contributed by atoms with Crippen molar-refractivity contribution in [2.75, 3.05) is 5.32 Å². The highest BCUT2D eigenvalue weighted by Gasteiger charge is 2.45. The van der Waals surface area contributed by atoms with Gasteiger partial charge in [0.05, 0.1) is 4.87 Å². The van der Waals surface area contributed by atoms with E-state index >= 15 is 0 Å². The zero-order valence-electron chi connectivity index (χ0n) is 10.8. The number of anilines is 1. The molecule has 2 aliphatic carbocycles. The maximum atomic E-state index is 3.85. The van der Waals surface area contributed by atoms with E-state index in [1.165, 1.54) is 55.5 Å². The molecule has 96 valence electrons. The molecule has 3 atom stereocenters. The normalized spacial score (nSPS) is 38.0. The minimum Gasteiger partial charge on any atom is -0.369 e. The Morgan fingerprint density at radius 1 is 1.06 bits per heavy atom. The van der Waals surface area contributed by atoms with E-state index in [9.17, 15) is 0 Å². The molecular weight excluding hydrogens is 238 g/mol.